The van der Waals surface area contributed by atoms with Crippen LogP contribution in [0.15, 0.2) is 42.5 Å². The number of carbonyl (C=O) groups is 1. The van der Waals surface area contributed by atoms with E-state index in [0.717, 1.165) is 22.6 Å². The number of primary amides is 1. The van der Waals surface area contributed by atoms with Gasteiger partial charge in [-0.05, 0) is 47.2 Å². The Bertz CT molecular complexity index is 631. The highest BCUT2D eigenvalue weighted by molar-refractivity contribution is 5.96. The lowest BCUT2D eigenvalue weighted by atomic mass is 9.88. The minimum Gasteiger partial charge on any atom is -0.457 e. The summed E-state index contributed by atoms with van der Waals surface area (Å²) in [5, 5.41) is 0. The zero-order valence-corrected chi connectivity index (χ0v) is 13.6. The minimum absolute atomic E-state index is 0.194. The Balaban J connectivity index is 2.55. The van der Waals surface area contributed by atoms with Crippen LogP contribution in [0.3, 0.4) is 0 Å². The van der Waals surface area contributed by atoms with Gasteiger partial charge in [-0.2, -0.15) is 0 Å². The molecule has 116 valence electrons. The molecular weight excluding hydrogens is 274 g/mol. The van der Waals surface area contributed by atoms with Crippen molar-refractivity contribution in [3.05, 3.63) is 59.2 Å². The molecule has 22 heavy (non-hydrogen) atoms. The molecular formula is C19H23NO2. The van der Waals surface area contributed by atoms with E-state index in [9.17, 15) is 4.79 Å². The lowest BCUT2D eigenvalue weighted by Crippen LogP contribution is -2.18. The van der Waals surface area contributed by atoms with Crippen LogP contribution in [0.1, 0.15) is 61.0 Å². The molecule has 0 saturated carbocycles. The molecule has 2 aromatic carbocycles. The number of ether oxygens (including phenoxy) is 1. The van der Waals surface area contributed by atoms with Crippen LogP contribution in [-0.2, 0) is 0 Å². The molecule has 2 aromatic rings. The first-order valence-electron chi connectivity index (χ1n) is 7.60. The van der Waals surface area contributed by atoms with E-state index in [-0.39, 0.29) is 17.7 Å². The SMILES string of the molecule is CC(C)c1cc(Oc2ccccc2)cc(C(C)C)c1C(N)=O. The third-order valence-electron chi connectivity index (χ3n) is 3.64. The van der Waals surface area contributed by atoms with Gasteiger partial charge in [0.25, 0.3) is 0 Å². The molecule has 0 saturated heterocycles. The average molecular weight is 297 g/mol. The van der Waals surface area contributed by atoms with Gasteiger partial charge in [0, 0.05) is 5.56 Å². The van der Waals surface area contributed by atoms with Gasteiger partial charge in [0.15, 0.2) is 0 Å². The standard InChI is InChI=1S/C19H23NO2/c1-12(2)16-10-15(22-14-8-6-5-7-9-14)11-17(13(3)4)18(16)19(20)21/h5-13H,1-4H3,(H2,20,21). The van der Waals surface area contributed by atoms with Gasteiger partial charge < -0.3 is 10.5 Å². The van der Waals surface area contributed by atoms with Crippen LogP contribution in [0, 0.1) is 0 Å². The first-order chi connectivity index (χ1) is 10.4. The number of benzene rings is 2. The van der Waals surface area contributed by atoms with E-state index < -0.39 is 0 Å². The van der Waals surface area contributed by atoms with E-state index in [4.69, 9.17) is 10.5 Å². The number of hydrogen-bond donors (Lipinski definition) is 1. The van der Waals surface area contributed by atoms with Crippen molar-refractivity contribution in [3.63, 3.8) is 0 Å². The molecule has 0 heterocycles. The first kappa shape index (κ1) is 16.1. The lowest BCUT2D eigenvalue weighted by molar-refractivity contribution is 0.0997. The Kier molecular flexibility index (Phi) is 4.86. The largest absolute Gasteiger partial charge is 0.457 e. The minimum atomic E-state index is -0.376. The van der Waals surface area contributed by atoms with Crippen LogP contribution >= 0.6 is 0 Å². The molecule has 0 spiro atoms. The summed E-state index contributed by atoms with van der Waals surface area (Å²) in [5.41, 5.74) is 8.11. The number of rotatable bonds is 5. The maximum Gasteiger partial charge on any atom is 0.249 e. The van der Waals surface area contributed by atoms with E-state index in [1.807, 2.05) is 42.5 Å². The van der Waals surface area contributed by atoms with Gasteiger partial charge in [-0.3, -0.25) is 4.79 Å². The molecule has 1 amide bonds. The smallest absolute Gasteiger partial charge is 0.249 e. The van der Waals surface area contributed by atoms with Crippen molar-refractivity contribution in [1.29, 1.82) is 0 Å². The highest BCUT2D eigenvalue weighted by Crippen LogP contribution is 2.34. The van der Waals surface area contributed by atoms with Crippen LogP contribution in [0.5, 0.6) is 11.5 Å². The number of amides is 1. The van der Waals surface area contributed by atoms with Crippen molar-refractivity contribution in [3.8, 4) is 11.5 Å². The Labute approximate surface area is 132 Å². The molecule has 0 atom stereocenters. The van der Waals surface area contributed by atoms with Gasteiger partial charge in [0.1, 0.15) is 11.5 Å². The van der Waals surface area contributed by atoms with Gasteiger partial charge in [-0.1, -0.05) is 45.9 Å². The predicted molar refractivity (Wildman–Crippen MR) is 89.7 cm³/mol. The lowest BCUT2D eigenvalue weighted by Gasteiger charge is -2.19. The number of nitrogens with two attached hydrogens (primary N) is 1. The van der Waals surface area contributed by atoms with Crippen LogP contribution < -0.4 is 10.5 Å². The van der Waals surface area contributed by atoms with Gasteiger partial charge in [-0.25, -0.2) is 0 Å². The Morgan fingerprint density at radius 3 is 1.82 bits per heavy atom. The second kappa shape index (κ2) is 6.65. The Hall–Kier alpha value is -2.29. The van der Waals surface area contributed by atoms with E-state index in [1.165, 1.54) is 0 Å². The third-order valence-corrected chi connectivity index (χ3v) is 3.64. The maximum atomic E-state index is 11.9. The van der Waals surface area contributed by atoms with Crippen molar-refractivity contribution in [2.45, 2.75) is 39.5 Å². The van der Waals surface area contributed by atoms with Gasteiger partial charge in [-0.15, -0.1) is 0 Å². The summed E-state index contributed by atoms with van der Waals surface area (Å²) in [6.45, 7) is 8.21. The number of carbonyl (C=O) groups excluding carboxylic acids is 1. The summed E-state index contributed by atoms with van der Waals surface area (Å²) in [4.78, 5) is 11.9. The summed E-state index contributed by atoms with van der Waals surface area (Å²) < 4.78 is 5.94. The summed E-state index contributed by atoms with van der Waals surface area (Å²) in [7, 11) is 0. The zero-order valence-electron chi connectivity index (χ0n) is 13.6. The molecule has 0 unspecified atom stereocenters. The zero-order chi connectivity index (χ0) is 16.3. The van der Waals surface area contributed by atoms with Crippen LogP contribution in [0.2, 0.25) is 0 Å². The summed E-state index contributed by atoms with van der Waals surface area (Å²) in [5.74, 6) is 1.53. The van der Waals surface area contributed by atoms with Gasteiger partial charge in [0.2, 0.25) is 5.91 Å². The predicted octanol–water partition coefficient (Wildman–Crippen LogP) is 4.82. The van der Waals surface area contributed by atoms with Crippen LogP contribution in [0.25, 0.3) is 0 Å². The van der Waals surface area contributed by atoms with E-state index in [0.29, 0.717) is 5.56 Å². The molecule has 3 nitrogen and oxygen atoms in total. The highest BCUT2D eigenvalue weighted by atomic mass is 16.5. The second-order valence-electron chi connectivity index (χ2n) is 6.07. The fraction of sp³-hybridized carbons (Fsp3) is 0.316. The van der Waals surface area contributed by atoms with Crippen molar-refractivity contribution in [2.75, 3.05) is 0 Å². The summed E-state index contributed by atoms with van der Waals surface area (Å²) >= 11 is 0. The molecule has 0 fully saturated rings. The second-order valence-corrected chi connectivity index (χ2v) is 6.07. The number of para-hydroxylation sites is 1. The molecule has 2 rings (SSSR count). The topological polar surface area (TPSA) is 52.3 Å². The fourth-order valence-electron chi connectivity index (χ4n) is 2.54. The molecule has 0 aliphatic heterocycles. The van der Waals surface area contributed by atoms with Crippen molar-refractivity contribution in [1.82, 2.24) is 0 Å². The van der Waals surface area contributed by atoms with E-state index in [2.05, 4.69) is 27.7 Å². The molecule has 0 aliphatic carbocycles. The van der Waals surface area contributed by atoms with Gasteiger partial charge in [0.05, 0.1) is 0 Å². The van der Waals surface area contributed by atoms with E-state index >= 15 is 0 Å². The fourth-order valence-corrected chi connectivity index (χ4v) is 2.54. The van der Waals surface area contributed by atoms with Crippen molar-refractivity contribution >= 4 is 5.91 Å². The molecule has 3 heteroatoms. The monoisotopic (exact) mass is 297 g/mol. The van der Waals surface area contributed by atoms with Crippen molar-refractivity contribution < 1.29 is 9.53 Å². The molecule has 0 radical (unpaired) electrons. The van der Waals surface area contributed by atoms with Crippen molar-refractivity contribution in [2.24, 2.45) is 5.73 Å². The normalized spacial score (nSPS) is 11.0. The molecule has 0 aromatic heterocycles. The van der Waals surface area contributed by atoms with Crippen LogP contribution in [0.4, 0.5) is 0 Å². The van der Waals surface area contributed by atoms with Gasteiger partial charge >= 0.3 is 0 Å². The summed E-state index contributed by atoms with van der Waals surface area (Å²) in [6.07, 6.45) is 0. The quantitative estimate of drug-likeness (QED) is 0.859. The van der Waals surface area contributed by atoms with E-state index in [1.54, 1.807) is 0 Å². The molecule has 2 N–H and O–H groups in total. The molecule has 0 bridgehead atoms. The average Bonchev–Trinajstić information content (AvgIpc) is 2.47. The summed E-state index contributed by atoms with van der Waals surface area (Å²) in [6, 6.07) is 13.5. The molecule has 0 aliphatic rings. The number of hydrogen-bond acceptors (Lipinski definition) is 2. The Morgan fingerprint density at radius 1 is 0.909 bits per heavy atom. The third kappa shape index (κ3) is 3.48. The van der Waals surface area contributed by atoms with Crippen LogP contribution in [-0.4, -0.2) is 5.91 Å². The maximum absolute atomic E-state index is 11.9. The Morgan fingerprint density at radius 2 is 1.41 bits per heavy atom. The highest BCUT2D eigenvalue weighted by Gasteiger charge is 2.20. The first-order valence-corrected chi connectivity index (χ1v) is 7.60.